The molecule has 0 fully saturated rings. The van der Waals surface area contributed by atoms with Crippen LogP contribution in [0.1, 0.15) is 50.8 Å². The van der Waals surface area contributed by atoms with Crippen molar-refractivity contribution in [3.05, 3.63) is 59.2 Å². The van der Waals surface area contributed by atoms with Gasteiger partial charge in [-0.2, -0.15) is 0 Å². The number of anilines is 2. The first-order valence-electron chi connectivity index (χ1n) is 12.5. The van der Waals surface area contributed by atoms with Crippen molar-refractivity contribution in [3.63, 3.8) is 0 Å². The standard InChI is InChI=1S/C27H30F2N8O/c1-14(2)37-15(3)32-24-18(28)10-17(11-21(24)37)23-19(29)12-31-26(35-23)34-22-7-6-16-13-36(9-8-20(16)33-22)25(38)27(4,5)30/h6-7,10-12,14H,8-9,13,30H2,1-5H3,(H,31,33,34,35). The van der Waals surface area contributed by atoms with Crippen LogP contribution in [0.15, 0.2) is 30.5 Å². The summed E-state index contributed by atoms with van der Waals surface area (Å²) >= 11 is 0. The summed E-state index contributed by atoms with van der Waals surface area (Å²) in [6.07, 6.45) is 1.62. The number of aromatic nitrogens is 5. The highest BCUT2D eigenvalue weighted by atomic mass is 19.1. The number of amides is 1. The Morgan fingerprint density at radius 2 is 1.89 bits per heavy atom. The Balaban J connectivity index is 1.43. The lowest BCUT2D eigenvalue weighted by Crippen LogP contribution is -2.52. The van der Waals surface area contributed by atoms with Crippen molar-refractivity contribution in [1.29, 1.82) is 0 Å². The molecule has 11 heteroatoms. The molecule has 0 saturated carbocycles. The molecule has 0 spiro atoms. The summed E-state index contributed by atoms with van der Waals surface area (Å²) in [5.74, 6) is -0.0501. The van der Waals surface area contributed by atoms with E-state index in [1.54, 1.807) is 30.9 Å². The van der Waals surface area contributed by atoms with Crippen LogP contribution in [-0.4, -0.2) is 47.4 Å². The number of imidazole rings is 1. The second-order valence-electron chi connectivity index (χ2n) is 10.5. The molecule has 0 aliphatic carbocycles. The first kappa shape index (κ1) is 25.7. The van der Waals surface area contributed by atoms with Gasteiger partial charge in [0, 0.05) is 36.8 Å². The van der Waals surface area contributed by atoms with Gasteiger partial charge in [-0.05, 0) is 58.4 Å². The molecule has 4 aromatic rings. The van der Waals surface area contributed by atoms with E-state index in [-0.39, 0.29) is 34.7 Å². The summed E-state index contributed by atoms with van der Waals surface area (Å²) in [4.78, 5) is 31.7. The predicted molar refractivity (Wildman–Crippen MR) is 141 cm³/mol. The van der Waals surface area contributed by atoms with Crippen molar-refractivity contribution in [1.82, 2.24) is 29.4 Å². The third-order valence-electron chi connectivity index (χ3n) is 6.59. The topological polar surface area (TPSA) is 115 Å². The zero-order valence-corrected chi connectivity index (χ0v) is 22.0. The molecular weight excluding hydrogens is 490 g/mol. The Labute approximate surface area is 219 Å². The maximum atomic E-state index is 15.0. The smallest absolute Gasteiger partial charge is 0.242 e. The van der Waals surface area contributed by atoms with Crippen molar-refractivity contribution in [2.45, 2.75) is 59.2 Å². The van der Waals surface area contributed by atoms with Crippen LogP contribution in [0.5, 0.6) is 0 Å². The predicted octanol–water partition coefficient (Wildman–Crippen LogP) is 4.42. The first-order valence-corrected chi connectivity index (χ1v) is 12.5. The van der Waals surface area contributed by atoms with E-state index in [0.29, 0.717) is 36.7 Å². The van der Waals surface area contributed by atoms with E-state index in [1.807, 2.05) is 31.4 Å². The number of aryl methyl sites for hydroxylation is 1. The van der Waals surface area contributed by atoms with Crippen molar-refractivity contribution in [2.24, 2.45) is 5.73 Å². The first-order chi connectivity index (χ1) is 17.9. The van der Waals surface area contributed by atoms with E-state index in [2.05, 4.69) is 25.3 Å². The minimum absolute atomic E-state index is 0.0334. The summed E-state index contributed by atoms with van der Waals surface area (Å²) in [7, 11) is 0. The monoisotopic (exact) mass is 520 g/mol. The fourth-order valence-corrected chi connectivity index (χ4v) is 4.87. The van der Waals surface area contributed by atoms with Crippen molar-refractivity contribution in [3.8, 4) is 11.3 Å². The molecule has 4 heterocycles. The Morgan fingerprint density at radius 3 is 2.61 bits per heavy atom. The highest BCUT2D eigenvalue weighted by Crippen LogP contribution is 2.30. The van der Waals surface area contributed by atoms with Gasteiger partial charge in [0.1, 0.15) is 22.9 Å². The number of benzene rings is 1. The Kier molecular flexibility index (Phi) is 6.34. The normalized spacial score (nSPS) is 13.8. The third kappa shape index (κ3) is 4.69. The summed E-state index contributed by atoms with van der Waals surface area (Å²) in [6.45, 7) is 10.1. The molecule has 1 aliphatic rings. The molecule has 5 rings (SSSR count). The summed E-state index contributed by atoms with van der Waals surface area (Å²) < 4.78 is 31.7. The highest BCUT2D eigenvalue weighted by molar-refractivity contribution is 5.85. The number of carbonyl (C=O) groups is 1. The van der Waals surface area contributed by atoms with E-state index >= 15 is 0 Å². The van der Waals surface area contributed by atoms with Gasteiger partial charge in [-0.3, -0.25) is 4.79 Å². The van der Waals surface area contributed by atoms with E-state index in [1.165, 1.54) is 6.07 Å². The number of pyridine rings is 1. The molecule has 1 amide bonds. The zero-order valence-electron chi connectivity index (χ0n) is 22.0. The summed E-state index contributed by atoms with van der Waals surface area (Å²) in [5.41, 5.74) is 7.88. The van der Waals surface area contributed by atoms with Crippen LogP contribution in [0.4, 0.5) is 20.5 Å². The molecule has 0 unspecified atom stereocenters. The lowest BCUT2D eigenvalue weighted by Gasteiger charge is -2.33. The number of carbonyl (C=O) groups excluding carboxylic acids is 1. The molecule has 3 aromatic heterocycles. The van der Waals surface area contributed by atoms with Gasteiger partial charge in [0.25, 0.3) is 0 Å². The minimum atomic E-state index is -0.940. The van der Waals surface area contributed by atoms with Gasteiger partial charge in [0.15, 0.2) is 11.6 Å². The third-order valence-corrected chi connectivity index (χ3v) is 6.59. The van der Waals surface area contributed by atoms with Gasteiger partial charge in [-0.1, -0.05) is 6.07 Å². The number of fused-ring (bicyclic) bond motifs is 2. The SMILES string of the molecule is Cc1nc2c(F)cc(-c3nc(Nc4ccc5c(n4)CCN(C(=O)C(C)(C)N)C5)ncc3F)cc2n1C(C)C. The van der Waals surface area contributed by atoms with Crippen molar-refractivity contribution < 1.29 is 13.6 Å². The van der Waals surface area contributed by atoms with Gasteiger partial charge >= 0.3 is 0 Å². The Bertz CT molecular complexity index is 1560. The molecule has 3 N–H and O–H groups in total. The van der Waals surface area contributed by atoms with Crippen LogP contribution in [0.2, 0.25) is 0 Å². The van der Waals surface area contributed by atoms with Gasteiger partial charge in [0.05, 0.1) is 17.3 Å². The molecule has 0 atom stereocenters. The minimum Gasteiger partial charge on any atom is -0.336 e. The fourth-order valence-electron chi connectivity index (χ4n) is 4.87. The van der Waals surface area contributed by atoms with Crippen LogP contribution in [0.25, 0.3) is 22.3 Å². The number of rotatable bonds is 5. The number of nitrogens with two attached hydrogens (primary N) is 1. The largest absolute Gasteiger partial charge is 0.336 e. The second-order valence-corrected chi connectivity index (χ2v) is 10.5. The zero-order chi connectivity index (χ0) is 27.4. The fraction of sp³-hybridized carbons (Fsp3) is 0.370. The summed E-state index contributed by atoms with van der Waals surface area (Å²) in [6, 6.07) is 6.62. The highest BCUT2D eigenvalue weighted by Gasteiger charge is 2.30. The van der Waals surface area contributed by atoms with Gasteiger partial charge in [0.2, 0.25) is 11.9 Å². The molecule has 1 aromatic carbocycles. The molecule has 0 saturated heterocycles. The average Bonchev–Trinajstić information content (AvgIpc) is 3.20. The van der Waals surface area contributed by atoms with Crippen molar-refractivity contribution in [2.75, 3.05) is 11.9 Å². The van der Waals surface area contributed by atoms with E-state index in [9.17, 15) is 13.6 Å². The van der Waals surface area contributed by atoms with E-state index in [4.69, 9.17) is 5.73 Å². The van der Waals surface area contributed by atoms with Crippen LogP contribution < -0.4 is 11.1 Å². The van der Waals surface area contributed by atoms with Crippen LogP contribution in [-0.2, 0) is 17.8 Å². The number of nitrogens with one attached hydrogen (secondary N) is 1. The second kappa shape index (κ2) is 9.39. The van der Waals surface area contributed by atoms with Gasteiger partial charge in [-0.25, -0.2) is 28.7 Å². The molecule has 198 valence electrons. The molecule has 38 heavy (non-hydrogen) atoms. The van der Waals surface area contributed by atoms with Gasteiger partial charge < -0.3 is 20.5 Å². The van der Waals surface area contributed by atoms with Crippen LogP contribution >= 0.6 is 0 Å². The summed E-state index contributed by atoms with van der Waals surface area (Å²) in [5, 5.41) is 3.02. The quantitative estimate of drug-likeness (QED) is 0.400. The average molecular weight is 521 g/mol. The number of nitrogens with zero attached hydrogens (tertiary/aromatic N) is 6. The van der Waals surface area contributed by atoms with Crippen molar-refractivity contribution >= 4 is 28.7 Å². The molecule has 1 aliphatic heterocycles. The Hall–Kier alpha value is -3.99. The number of hydrogen-bond acceptors (Lipinski definition) is 7. The van der Waals surface area contributed by atoms with Crippen LogP contribution in [0.3, 0.4) is 0 Å². The lowest BCUT2D eigenvalue weighted by molar-refractivity contribution is -0.136. The van der Waals surface area contributed by atoms with Gasteiger partial charge in [-0.15, -0.1) is 0 Å². The number of hydrogen-bond donors (Lipinski definition) is 2. The van der Waals surface area contributed by atoms with Crippen LogP contribution in [0, 0.1) is 18.6 Å². The Morgan fingerprint density at radius 1 is 1.13 bits per heavy atom. The molecule has 9 nitrogen and oxygen atoms in total. The molecule has 0 radical (unpaired) electrons. The lowest BCUT2D eigenvalue weighted by atomic mass is 10.0. The van der Waals surface area contributed by atoms with E-state index < -0.39 is 17.2 Å². The molecular formula is C27H30F2N8O. The number of halogens is 2. The van der Waals surface area contributed by atoms with E-state index in [0.717, 1.165) is 17.5 Å². The maximum Gasteiger partial charge on any atom is 0.242 e. The molecule has 0 bridgehead atoms. The maximum absolute atomic E-state index is 15.0.